The summed E-state index contributed by atoms with van der Waals surface area (Å²) in [6, 6.07) is 20.5. The molecule has 1 aromatic heterocycles. The number of aromatic nitrogens is 2. The predicted molar refractivity (Wildman–Crippen MR) is 125 cm³/mol. The molecule has 0 saturated carbocycles. The smallest absolute Gasteiger partial charge is 0.271 e. The normalized spacial score (nSPS) is 12.1. The number of anilines is 1. The van der Waals surface area contributed by atoms with E-state index in [1.807, 2.05) is 49.3 Å². The Morgan fingerprint density at radius 3 is 2.45 bits per heavy atom. The molecule has 1 heterocycles. The molecule has 2 N–H and O–H groups in total. The number of nitrogens with one attached hydrogen (secondary N) is 1. The van der Waals surface area contributed by atoms with Crippen LogP contribution in [0.5, 0.6) is 0 Å². The van der Waals surface area contributed by atoms with Gasteiger partial charge < -0.3 is 10.5 Å². The first-order valence-electron chi connectivity index (χ1n) is 10.3. The molecule has 0 spiro atoms. The minimum atomic E-state index is -0.525. The van der Waals surface area contributed by atoms with E-state index in [1.165, 1.54) is 18.2 Å². The van der Waals surface area contributed by atoms with Gasteiger partial charge in [-0.2, -0.15) is 4.73 Å². The van der Waals surface area contributed by atoms with Gasteiger partial charge in [-0.1, -0.05) is 30.3 Å². The Morgan fingerprint density at radius 2 is 1.82 bits per heavy atom. The van der Waals surface area contributed by atoms with Gasteiger partial charge in [0.25, 0.3) is 5.69 Å². The number of nitrogens with zero attached hydrogens (tertiary/aromatic N) is 4. The minimum absolute atomic E-state index is 0.127. The third-order valence-electron chi connectivity index (χ3n) is 5.43. The zero-order valence-corrected chi connectivity index (χ0v) is 18.2. The molecule has 168 valence electrons. The van der Waals surface area contributed by atoms with Gasteiger partial charge in [-0.15, -0.1) is 0 Å². The summed E-state index contributed by atoms with van der Waals surface area (Å²) in [5.41, 5.74) is 2.83. The Bertz CT molecular complexity index is 1300. The number of rotatable bonds is 7. The summed E-state index contributed by atoms with van der Waals surface area (Å²) in [4.78, 5) is 29.6. The monoisotopic (exact) mass is 445 g/mol. The lowest BCUT2D eigenvalue weighted by Crippen LogP contribution is -2.41. The second-order valence-electron chi connectivity index (χ2n) is 7.91. The fourth-order valence-electron chi connectivity index (χ4n) is 3.63. The zero-order chi connectivity index (χ0) is 23.5. The van der Waals surface area contributed by atoms with Crippen molar-refractivity contribution in [2.45, 2.75) is 12.5 Å². The summed E-state index contributed by atoms with van der Waals surface area (Å²) in [6.07, 6.45) is 0.582. The maximum absolute atomic E-state index is 12.9. The molecule has 4 aromatic rings. The van der Waals surface area contributed by atoms with Crippen molar-refractivity contribution in [3.8, 4) is 11.4 Å². The summed E-state index contributed by atoms with van der Waals surface area (Å²) < 4.78 is 0.831. The highest BCUT2D eigenvalue weighted by Crippen LogP contribution is 2.27. The van der Waals surface area contributed by atoms with Gasteiger partial charge in [0.15, 0.2) is 5.82 Å². The molecule has 0 aliphatic heterocycles. The SMILES string of the molecule is CN(C)[C@H](Cc1ccccc1)C(=O)Nc1ccc(-c2nc3ccc([N+](=O)[O-])cc3n2O)cc1. The molecular weight excluding hydrogens is 422 g/mol. The molecule has 0 fully saturated rings. The first kappa shape index (κ1) is 22.0. The van der Waals surface area contributed by atoms with Gasteiger partial charge in [-0.05, 0) is 56.4 Å². The molecule has 33 heavy (non-hydrogen) atoms. The summed E-state index contributed by atoms with van der Waals surface area (Å²) in [5, 5.41) is 24.4. The highest BCUT2D eigenvalue weighted by Gasteiger charge is 2.22. The maximum Gasteiger partial charge on any atom is 0.271 e. The Balaban J connectivity index is 1.53. The number of benzene rings is 3. The van der Waals surface area contributed by atoms with Gasteiger partial charge in [0.1, 0.15) is 5.52 Å². The predicted octanol–water partition coefficient (Wildman–Crippen LogP) is 3.96. The summed E-state index contributed by atoms with van der Waals surface area (Å²) in [5.74, 6) is 0.122. The molecule has 9 nitrogen and oxygen atoms in total. The van der Waals surface area contributed by atoms with E-state index < -0.39 is 4.92 Å². The molecule has 1 atom stereocenters. The molecule has 0 unspecified atom stereocenters. The topological polar surface area (TPSA) is 114 Å². The van der Waals surface area contributed by atoms with Crippen molar-refractivity contribution < 1.29 is 14.9 Å². The van der Waals surface area contributed by atoms with Crippen molar-refractivity contribution in [1.29, 1.82) is 0 Å². The van der Waals surface area contributed by atoms with E-state index in [0.717, 1.165) is 10.3 Å². The summed E-state index contributed by atoms with van der Waals surface area (Å²) in [7, 11) is 3.73. The lowest BCUT2D eigenvalue weighted by molar-refractivity contribution is -0.384. The summed E-state index contributed by atoms with van der Waals surface area (Å²) >= 11 is 0. The van der Waals surface area contributed by atoms with Crippen LogP contribution in [0, 0.1) is 10.1 Å². The van der Waals surface area contributed by atoms with Crippen molar-refractivity contribution in [2.75, 3.05) is 19.4 Å². The zero-order valence-electron chi connectivity index (χ0n) is 18.2. The van der Waals surface area contributed by atoms with Gasteiger partial charge in [-0.25, -0.2) is 4.98 Å². The number of carbonyl (C=O) groups excluding carboxylic acids is 1. The Morgan fingerprint density at radius 1 is 1.12 bits per heavy atom. The first-order valence-corrected chi connectivity index (χ1v) is 10.3. The number of imidazole rings is 1. The second kappa shape index (κ2) is 9.09. The van der Waals surface area contributed by atoms with E-state index in [2.05, 4.69) is 10.3 Å². The molecular formula is C24H23N5O4. The van der Waals surface area contributed by atoms with E-state index in [-0.39, 0.29) is 29.0 Å². The number of non-ortho nitro benzene ring substituents is 1. The molecule has 0 aliphatic carbocycles. The highest BCUT2D eigenvalue weighted by atomic mass is 16.6. The third-order valence-corrected chi connectivity index (χ3v) is 5.43. The van der Waals surface area contributed by atoms with Crippen LogP contribution in [-0.2, 0) is 11.2 Å². The van der Waals surface area contributed by atoms with Crippen LogP contribution in [-0.4, -0.2) is 50.8 Å². The van der Waals surface area contributed by atoms with Gasteiger partial charge >= 0.3 is 0 Å². The van der Waals surface area contributed by atoms with Crippen LogP contribution < -0.4 is 5.32 Å². The summed E-state index contributed by atoms with van der Waals surface area (Å²) in [6.45, 7) is 0. The number of nitro benzene ring substituents is 1. The van der Waals surface area contributed by atoms with Crippen molar-refractivity contribution in [3.63, 3.8) is 0 Å². The largest absolute Gasteiger partial charge is 0.426 e. The number of nitro groups is 1. The second-order valence-corrected chi connectivity index (χ2v) is 7.91. The molecule has 1 amide bonds. The molecule has 0 aliphatic rings. The molecule has 0 radical (unpaired) electrons. The van der Waals surface area contributed by atoms with Crippen molar-refractivity contribution in [3.05, 3.63) is 88.5 Å². The van der Waals surface area contributed by atoms with Crippen molar-refractivity contribution >= 4 is 28.3 Å². The van der Waals surface area contributed by atoms with Gasteiger partial charge in [-0.3, -0.25) is 19.8 Å². The van der Waals surface area contributed by atoms with E-state index >= 15 is 0 Å². The highest BCUT2D eigenvalue weighted by molar-refractivity contribution is 5.95. The molecule has 0 bridgehead atoms. The van der Waals surface area contributed by atoms with Crippen molar-refractivity contribution in [1.82, 2.24) is 14.6 Å². The van der Waals surface area contributed by atoms with E-state index in [9.17, 15) is 20.1 Å². The van der Waals surface area contributed by atoms with Gasteiger partial charge in [0.2, 0.25) is 5.91 Å². The van der Waals surface area contributed by atoms with Crippen LogP contribution in [0.25, 0.3) is 22.4 Å². The quantitative estimate of drug-likeness (QED) is 0.253. The lowest BCUT2D eigenvalue weighted by Gasteiger charge is -2.23. The number of amides is 1. The maximum atomic E-state index is 12.9. The number of hydrogen-bond donors (Lipinski definition) is 2. The average Bonchev–Trinajstić information content (AvgIpc) is 3.14. The minimum Gasteiger partial charge on any atom is -0.426 e. The number of hydrogen-bond acceptors (Lipinski definition) is 6. The van der Waals surface area contributed by atoms with Crippen LogP contribution in [0.3, 0.4) is 0 Å². The molecule has 9 heteroatoms. The molecule has 0 saturated heterocycles. The number of carbonyl (C=O) groups is 1. The fourth-order valence-corrected chi connectivity index (χ4v) is 3.63. The van der Waals surface area contributed by atoms with Crippen LogP contribution in [0.2, 0.25) is 0 Å². The Hall–Kier alpha value is -4.24. The number of likely N-dealkylation sites (N-methyl/N-ethyl adjacent to an activating group) is 1. The standard InChI is InChI=1S/C24H23N5O4/c1-27(2)22(14-16-6-4-3-5-7-16)24(30)25-18-10-8-17(9-11-18)23-26-20-13-12-19(29(32)33)15-21(20)28(23)31/h3-13,15,22,31H,14H2,1-2H3,(H,25,30)/t22-/m1/s1. The van der Waals surface area contributed by atoms with E-state index in [0.29, 0.717) is 23.2 Å². The van der Waals surface area contributed by atoms with Crippen molar-refractivity contribution in [2.24, 2.45) is 0 Å². The van der Waals surface area contributed by atoms with Crippen LogP contribution in [0.4, 0.5) is 11.4 Å². The average molecular weight is 445 g/mol. The van der Waals surface area contributed by atoms with Crippen LogP contribution >= 0.6 is 0 Å². The third kappa shape index (κ3) is 4.68. The Kier molecular flexibility index (Phi) is 6.05. The Labute approximate surface area is 190 Å². The first-order chi connectivity index (χ1) is 15.8. The van der Waals surface area contributed by atoms with Crippen LogP contribution in [0.15, 0.2) is 72.8 Å². The lowest BCUT2D eigenvalue weighted by atomic mass is 10.0. The van der Waals surface area contributed by atoms with Crippen LogP contribution in [0.1, 0.15) is 5.56 Å². The van der Waals surface area contributed by atoms with E-state index in [1.54, 1.807) is 24.3 Å². The number of fused-ring (bicyclic) bond motifs is 1. The fraction of sp³-hybridized carbons (Fsp3) is 0.167. The molecule has 4 rings (SSSR count). The van der Waals surface area contributed by atoms with Gasteiger partial charge in [0, 0.05) is 23.4 Å². The molecule has 3 aromatic carbocycles. The van der Waals surface area contributed by atoms with Gasteiger partial charge in [0.05, 0.1) is 16.5 Å². The van der Waals surface area contributed by atoms with E-state index in [4.69, 9.17) is 0 Å².